The fourth-order valence-corrected chi connectivity index (χ4v) is 1.39. The van der Waals surface area contributed by atoms with E-state index in [0.717, 1.165) is 0 Å². The topological polar surface area (TPSA) is 56.3 Å². The molecule has 0 saturated carbocycles. The van der Waals surface area contributed by atoms with Gasteiger partial charge in [0, 0.05) is 11.8 Å². The number of pyridine rings is 1. The zero-order valence-electron chi connectivity index (χ0n) is 8.70. The molecule has 0 radical (unpaired) electrons. The molecule has 16 heavy (non-hydrogen) atoms. The van der Waals surface area contributed by atoms with Crippen molar-refractivity contribution < 1.29 is 14.3 Å². The van der Waals surface area contributed by atoms with Crippen LogP contribution in [0.2, 0.25) is 5.15 Å². The predicted molar refractivity (Wildman–Crippen MR) is 59.6 cm³/mol. The first-order chi connectivity index (χ1) is 7.69. The number of esters is 1. The first-order valence-corrected chi connectivity index (χ1v) is 5.07. The van der Waals surface area contributed by atoms with E-state index in [-0.39, 0.29) is 23.8 Å². The highest BCUT2D eigenvalue weighted by molar-refractivity contribution is 6.31. The van der Waals surface area contributed by atoms with Crippen LogP contribution in [0.5, 0.6) is 0 Å². The molecular formula is C11H10ClNO3. The monoisotopic (exact) mass is 239 g/mol. The minimum atomic E-state index is -0.485. The minimum absolute atomic E-state index is 0.150. The third-order valence-corrected chi connectivity index (χ3v) is 2.14. The maximum atomic E-state index is 11.2. The Morgan fingerprint density at radius 1 is 1.62 bits per heavy atom. The molecule has 0 amide bonds. The SMILES string of the molecule is CCOC(=O)CC(=C=O)c1cccnc1Cl. The molecule has 0 unspecified atom stereocenters. The first kappa shape index (κ1) is 12.4. The van der Waals surface area contributed by atoms with Crippen LogP contribution in [0.15, 0.2) is 18.3 Å². The van der Waals surface area contributed by atoms with Crippen LogP contribution in [0.1, 0.15) is 18.9 Å². The Labute approximate surface area is 97.9 Å². The molecule has 0 aromatic carbocycles. The van der Waals surface area contributed by atoms with Crippen LogP contribution in [0.3, 0.4) is 0 Å². The van der Waals surface area contributed by atoms with Gasteiger partial charge in [0.1, 0.15) is 11.1 Å². The lowest BCUT2D eigenvalue weighted by atomic mass is 10.1. The minimum Gasteiger partial charge on any atom is -0.466 e. The molecule has 5 heteroatoms. The number of aromatic nitrogens is 1. The fraction of sp³-hybridized carbons (Fsp3) is 0.273. The van der Waals surface area contributed by atoms with E-state index < -0.39 is 5.97 Å². The number of ether oxygens (including phenoxy) is 1. The van der Waals surface area contributed by atoms with Gasteiger partial charge < -0.3 is 4.74 Å². The number of hydrogen-bond donors (Lipinski definition) is 0. The highest BCUT2D eigenvalue weighted by Gasteiger charge is 2.13. The van der Waals surface area contributed by atoms with Crippen molar-refractivity contribution in [2.24, 2.45) is 0 Å². The van der Waals surface area contributed by atoms with Gasteiger partial charge in [-0.3, -0.25) is 4.79 Å². The standard InChI is InChI=1S/C11H10ClNO3/c1-2-16-10(15)6-8(7-14)9-4-3-5-13-11(9)12/h3-5H,2,6H2,1H3. The van der Waals surface area contributed by atoms with Gasteiger partial charge in [0.15, 0.2) is 0 Å². The van der Waals surface area contributed by atoms with E-state index in [4.69, 9.17) is 16.3 Å². The van der Waals surface area contributed by atoms with E-state index >= 15 is 0 Å². The van der Waals surface area contributed by atoms with Crippen LogP contribution in [-0.2, 0) is 14.3 Å². The molecule has 0 saturated heterocycles. The third kappa shape index (κ3) is 3.19. The number of carbonyl (C=O) groups is 1. The van der Waals surface area contributed by atoms with Crippen LogP contribution >= 0.6 is 11.6 Å². The van der Waals surface area contributed by atoms with Gasteiger partial charge in [-0.1, -0.05) is 11.6 Å². The summed E-state index contributed by atoms with van der Waals surface area (Å²) >= 11 is 5.80. The van der Waals surface area contributed by atoms with Crippen LogP contribution in [0.4, 0.5) is 0 Å². The molecule has 0 fully saturated rings. The Morgan fingerprint density at radius 2 is 2.38 bits per heavy atom. The summed E-state index contributed by atoms with van der Waals surface area (Å²) in [5, 5.41) is 0.171. The molecule has 0 bridgehead atoms. The molecular weight excluding hydrogens is 230 g/mol. The van der Waals surface area contributed by atoms with Crippen LogP contribution in [0, 0.1) is 0 Å². The van der Waals surface area contributed by atoms with Crippen molar-refractivity contribution in [1.29, 1.82) is 0 Å². The molecule has 0 atom stereocenters. The van der Waals surface area contributed by atoms with Gasteiger partial charge in [0.2, 0.25) is 0 Å². The highest BCUT2D eigenvalue weighted by Crippen LogP contribution is 2.22. The average Bonchev–Trinajstić information content (AvgIpc) is 2.27. The lowest BCUT2D eigenvalue weighted by Crippen LogP contribution is -2.05. The van der Waals surface area contributed by atoms with Gasteiger partial charge in [-0.25, -0.2) is 9.78 Å². The molecule has 1 rings (SSSR count). The Balaban J connectivity index is 2.89. The largest absolute Gasteiger partial charge is 0.466 e. The Hall–Kier alpha value is -1.64. The van der Waals surface area contributed by atoms with Crippen molar-refractivity contribution in [3.8, 4) is 0 Å². The second-order valence-corrected chi connectivity index (χ2v) is 3.26. The smallest absolute Gasteiger partial charge is 0.311 e. The van der Waals surface area contributed by atoms with Crippen LogP contribution < -0.4 is 0 Å². The average molecular weight is 240 g/mol. The number of halogens is 1. The molecule has 0 aliphatic carbocycles. The summed E-state index contributed by atoms with van der Waals surface area (Å²) in [4.78, 5) is 25.8. The van der Waals surface area contributed by atoms with Gasteiger partial charge >= 0.3 is 5.97 Å². The number of hydrogen-bond acceptors (Lipinski definition) is 4. The van der Waals surface area contributed by atoms with Crippen molar-refractivity contribution in [2.75, 3.05) is 6.61 Å². The lowest BCUT2D eigenvalue weighted by Gasteiger charge is -2.04. The van der Waals surface area contributed by atoms with Gasteiger partial charge in [0.25, 0.3) is 0 Å². The van der Waals surface area contributed by atoms with Crippen molar-refractivity contribution in [2.45, 2.75) is 13.3 Å². The molecule has 4 nitrogen and oxygen atoms in total. The Morgan fingerprint density at radius 3 is 2.94 bits per heavy atom. The molecule has 1 aromatic heterocycles. The fourth-order valence-electron chi connectivity index (χ4n) is 1.15. The van der Waals surface area contributed by atoms with Crippen molar-refractivity contribution >= 4 is 29.1 Å². The lowest BCUT2D eigenvalue weighted by molar-refractivity contribution is -0.141. The number of rotatable bonds is 4. The van der Waals surface area contributed by atoms with E-state index in [2.05, 4.69) is 4.98 Å². The Bertz CT molecular complexity index is 439. The molecule has 0 aliphatic rings. The van der Waals surface area contributed by atoms with Gasteiger partial charge in [0.05, 0.1) is 18.6 Å². The zero-order valence-corrected chi connectivity index (χ0v) is 9.45. The summed E-state index contributed by atoms with van der Waals surface area (Å²) in [5.41, 5.74) is 0.559. The molecule has 0 aliphatic heterocycles. The molecule has 0 N–H and O–H groups in total. The molecule has 1 heterocycles. The van der Waals surface area contributed by atoms with Gasteiger partial charge in [-0.2, -0.15) is 0 Å². The Kier molecular flexibility index (Phi) is 4.70. The highest BCUT2D eigenvalue weighted by atomic mass is 35.5. The van der Waals surface area contributed by atoms with E-state index in [1.807, 2.05) is 0 Å². The van der Waals surface area contributed by atoms with E-state index in [9.17, 15) is 9.59 Å². The second-order valence-electron chi connectivity index (χ2n) is 2.90. The third-order valence-electron chi connectivity index (χ3n) is 1.83. The maximum absolute atomic E-state index is 11.2. The maximum Gasteiger partial charge on any atom is 0.311 e. The summed E-state index contributed by atoms with van der Waals surface area (Å²) in [6.07, 6.45) is 1.35. The van der Waals surface area contributed by atoms with Crippen LogP contribution in [-0.4, -0.2) is 23.5 Å². The van der Waals surface area contributed by atoms with E-state index in [0.29, 0.717) is 5.56 Å². The quantitative estimate of drug-likeness (QED) is 0.458. The predicted octanol–water partition coefficient (Wildman–Crippen LogP) is 1.90. The van der Waals surface area contributed by atoms with E-state index in [1.54, 1.807) is 25.0 Å². The zero-order chi connectivity index (χ0) is 12.0. The van der Waals surface area contributed by atoms with Crippen molar-refractivity contribution in [3.05, 3.63) is 29.0 Å². The number of nitrogens with zero attached hydrogens (tertiary/aromatic N) is 1. The molecule has 0 spiro atoms. The number of carbonyl (C=O) groups excluding carboxylic acids is 2. The van der Waals surface area contributed by atoms with E-state index in [1.165, 1.54) is 6.20 Å². The van der Waals surface area contributed by atoms with Crippen molar-refractivity contribution in [3.63, 3.8) is 0 Å². The van der Waals surface area contributed by atoms with Gasteiger partial charge in [-0.15, -0.1) is 0 Å². The normalized spacial score (nSPS) is 9.38. The van der Waals surface area contributed by atoms with Gasteiger partial charge in [-0.05, 0) is 19.1 Å². The first-order valence-electron chi connectivity index (χ1n) is 4.69. The summed E-state index contributed by atoms with van der Waals surface area (Å²) in [7, 11) is 0. The van der Waals surface area contributed by atoms with Crippen LogP contribution in [0.25, 0.3) is 5.57 Å². The summed E-state index contributed by atoms with van der Waals surface area (Å²) in [6, 6.07) is 3.23. The summed E-state index contributed by atoms with van der Waals surface area (Å²) in [5.74, 6) is 1.20. The molecule has 84 valence electrons. The molecule has 1 aromatic rings. The van der Waals surface area contributed by atoms with Crippen molar-refractivity contribution in [1.82, 2.24) is 4.98 Å². The second kappa shape index (κ2) is 6.05. The summed E-state index contributed by atoms with van der Waals surface area (Å²) in [6.45, 7) is 1.96. The summed E-state index contributed by atoms with van der Waals surface area (Å²) < 4.78 is 4.73.